The molecule has 0 spiro atoms. The first-order chi connectivity index (χ1) is 13.0. The van der Waals surface area contributed by atoms with Gasteiger partial charge in [-0.05, 0) is 53.7 Å². The molecule has 2 aliphatic rings. The predicted octanol–water partition coefficient (Wildman–Crippen LogP) is 4.87. The number of aliphatic imine (C=N–C) groups is 1. The van der Waals surface area contributed by atoms with Crippen LogP contribution in [-0.2, 0) is 6.54 Å². The molecular weight excluding hydrogens is 430 g/mol. The van der Waals surface area contributed by atoms with Gasteiger partial charge in [0.25, 0.3) is 0 Å². The second kappa shape index (κ2) is 7.70. The molecule has 0 saturated carbocycles. The van der Waals surface area contributed by atoms with Crippen molar-refractivity contribution >= 4 is 45.2 Å². The number of ether oxygens (including phenoxy) is 2. The van der Waals surface area contributed by atoms with Crippen molar-refractivity contribution in [3.8, 4) is 11.5 Å². The molecule has 0 aromatic heterocycles. The Bertz CT molecular complexity index is 890. The summed E-state index contributed by atoms with van der Waals surface area (Å²) in [6.07, 6.45) is 3.03. The first-order valence-electron chi connectivity index (χ1n) is 8.85. The number of hydrogen-bond donors (Lipinski definition) is 0. The monoisotopic (exact) mass is 449 g/mol. The van der Waals surface area contributed by atoms with Crippen LogP contribution in [0, 0.1) is 0 Å². The molecule has 1 atom stereocenters. The van der Waals surface area contributed by atoms with Crippen LogP contribution in [0.2, 0.25) is 5.02 Å². The van der Waals surface area contributed by atoms with Crippen LogP contribution in [0.4, 0.5) is 11.4 Å². The normalized spacial score (nSPS) is 19.3. The van der Waals surface area contributed by atoms with Gasteiger partial charge in [0.2, 0.25) is 0 Å². The highest BCUT2D eigenvalue weighted by atomic mass is 79.9. The van der Waals surface area contributed by atoms with E-state index in [1.807, 2.05) is 41.6 Å². The highest BCUT2D eigenvalue weighted by molar-refractivity contribution is 9.10. The summed E-state index contributed by atoms with van der Waals surface area (Å²) in [6, 6.07) is 9.94. The zero-order valence-electron chi connectivity index (χ0n) is 15.3. The molecule has 1 unspecified atom stereocenters. The molecule has 27 heavy (non-hydrogen) atoms. The second-order valence-corrected chi connectivity index (χ2v) is 8.11. The van der Waals surface area contributed by atoms with Gasteiger partial charge in [0, 0.05) is 34.9 Å². The van der Waals surface area contributed by atoms with Crippen molar-refractivity contribution in [2.45, 2.75) is 19.1 Å². The van der Waals surface area contributed by atoms with Gasteiger partial charge < -0.3 is 19.3 Å². The molecule has 1 fully saturated rings. The van der Waals surface area contributed by atoms with Crippen LogP contribution in [0.3, 0.4) is 0 Å². The molecule has 0 radical (unpaired) electrons. The number of halogens is 2. The van der Waals surface area contributed by atoms with Crippen LogP contribution in [0.25, 0.3) is 0 Å². The van der Waals surface area contributed by atoms with E-state index in [9.17, 15) is 0 Å². The minimum absolute atomic E-state index is 0.176. The molecule has 1 saturated heterocycles. The number of methoxy groups -OCH3 is 1. The number of hydrogen-bond acceptors (Lipinski definition) is 5. The molecule has 4 rings (SSSR count). The maximum Gasteiger partial charge on any atom is 0.163 e. The number of nitrogens with zero attached hydrogens (tertiary/aromatic N) is 3. The van der Waals surface area contributed by atoms with Crippen molar-refractivity contribution in [3.05, 3.63) is 45.4 Å². The Morgan fingerprint density at radius 1 is 1.22 bits per heavy atom. The Morgan fingerprint density at radius 3 is 2.78 bits per heavy atom. The van der Waals surface area contributed by atoms with Crippen molar-refractivity contribution in [3.63, 3.8) is 0 Å². The highest BCUT2D eigenvalue weighted by Gasteiger charge is 2.25. The van der Waals surface area contributed by atoms with Crippen LogP contribution in [-0.4, -0.2) is 44.6 Å². The number of likely N-dealkylation sites (N-methyl/N-ethyl adjacent to an activating group) is 1. The topological polar surface area (TPSA) is 37.3 Å². The first-order valence-corrected chi connectivity index (χ1v) is 10.0. The van der Waals surface area contributed by atoms with Crippen LogP contribution < -0.4 is 14.4 Å². The lowest BCUT2D eigenvalue weighted by Gasteiger charge is -2.28. The fourth-order valence-electron chi connectivity index (χ4n) is 3.49. The highest BCUT2D eigenvalue weighted by Crippen LogP contribution is 2.41. The first kappa shape index (κ1) is 18.6. The number of benzene rings is 2. The van der Waals surface area contributed by atoms with E-state index in [0.29, 0.717) is 11.6 Å². The second-order valence-electron chi connectivity index (χ2n) is 6.85. The average Bonchev–Trinajstić information content (AvgIpc) is 3.07. The van der Waals surface area contributed by atoms with E-state index >= 15 is 0 Å². The lowest BCUT2D eigenvalue weighted by Crippen LogP contribution is -2.23. The molecule has 7 heteroatoms. The van der Waals surface area contributed by atoms with Gasteiger partial charge in [-0.2, -0.15) is 0 Å². The Balaban J connectivity index is 1.71. The summed E-state index contributed by atoms with van der Waals surface area (Å²) >= 11 is 9.74. The van der Waals surface area contributed by atoms with Gasteiger partial charge in [0.15, 0.2) is 11.5 Å². The fraction of sp³-hybridized carbons (Fsp3) is 0.350. The zero-order chi connectivity index (χ0) is 19.0. The summed E-state index contributed by atoms with van der Waals surface area (Å²) < 4.78 is 12.7. The van der Waals surface area contributed by atoms with Crippen molar-refractivity contribution in [1.82, 2.24) is 4.90 Å². The van der Waals surface area contributed by atoms with E-state index < -0.39 is 0 Å². The van der Waals surface area contributed by atoms with E-state index in [0.717, 1.165) is 52.4 Å². The average molecular weight is 451 g/mol. The maximum absolute atomic E-state index is 6.30. The lowest BCUT2D eigenvalue weighted by atomic mass is 10.1. The number of anilines is 2. The molecule has 142 valence electrons. The molecule has 2 heterocycles. The molecule has 0 N–H and O–H groups in total. The summed E-state index contributed by atoms with van der Waals surface area (Å²) in [6.45, 7) is 2.58. The molecular formula is C20H21BrClN3O2. The predicted molar refractivity (Wildman–Crippen MR) is 113 cm³/mol. The lowest BCUT2D eigenvalue weighted by molar-refractivity contribution is 0.199. The van der Waals surface area contributed by atoms with Gasteiger partial charge >= 0.3 is 0 Å². The van der Waals surface area contributed by atoms with Gasteiger partial charge in [-0.25, -0.2) is 0 Å². The largest absolute Gasteiger partial charge is 0.493 e. The fourth-order valence-corrected chi connectivity index (χ4v) is 3.91. The molecule has 5 nitrogen and oxygen atoms in total. The maximum atomic E-state index is 6.30. The minimum Gasteiger partial charge on any atom is -0.493 e. The molecule has 2 aliphatic heterocycles. The summed E-state index contributed by atoms with van der Waals surface area (Å²) in [5.74, 6) is 1.51. The summed E-state index contributed by atoms with van der Waals surface area (Å²) in [5.41, 5.74) is 3.07. The molecule has 2 aromatic rings. The standard InChI is InChI=1S/C20H21BrClN3O2/c1-24-6-5-15(11-24)27-20-9-18-13(7-19(20)26-2)10-23-12-25(18)14-3-4-16(21)17(22)8-14/h3-4,7-9,12,15H,5-6,10-11H2,1-2H3. The molecule has 0 bridgehead atoms. The zero-order valence-corrected chi connectivity index (χ0v) is 17.6. The van der Waals surface area contributed by atoms with Gasteiger partial charge in [-0.1, -0.05) is 11.6 Å². The summed E-state index contributed by atoms with van der Waals surface area (Å²) in [5, 5.41) is 0.659. The van der Waals surface area contributed by atoms with Crippen molar-refractivity contribution in [2.75, 3.05) is 32.1 Å². The van der Waals surface area contributed by atoms with Crippen LogP contribution in [0.1, 0.15) is 12.0 Å². The Hall–Kier alpha value is -1.76. The van der Waals surface area contributed by atoms with Gasteiger partial charge in [-0.15, -0.1) is 0 Å². The van der Waals surface area contributed by atoms with Crippen molar-refractivity contribution in [2.24, 2.45) is 4.99 Å². The minimum atomic E-state index is 0.176. The molecule has 2 aromatic carbocycles. The number of likely N-dealkylation sites (tertiary alicyclic amines) is 1. The van der Waals surface area contributed by atoms with Crippen molar-refractivity contribution in [1.29, 1.82) is 0 Å². The van der Waals surface area contributed by atoms with E-state index in [4.69, 9.17) is 21.1 Å². The Labute approximate surface area is 172 Å². The Morgan fingerprint density at radius 2 is 2.07 bits per heavy atom. The molecule has 0 aliphatic carbocycles. The summed E-state index contributed by atoms with van der Waals surface area (Å²) in [4.78, 5) is 8.80. The van der Waals surface area contributed by atoms with E-state index in [1.165, 1.54) is 0 Å². The van der Waals surface area contributed by atoms with E-state index in [1.54, 1.807) is 7.11 Å². The van der Waals surface area contributed by atoms with E-state index in [-0.39, 0.29) is 6.10 Å². The third-order valence-electron chi connectivity index (χ3n) is 4.91. The summed E-state index contributed by atoms with van der Waals surface area (Å²) in [7, 11) is 3.79. The van der Waals surface area contributed by atoms with Crippen LogP contribution >= 0.6 is 27.5 Å². The van der Waals surface area contributed by atoms with Crippen LogP contribution in [0.5, 0.6) is 11.5 Å². The third kappa shape index (κ3) is 3.79. The SMILES string of the molecule is COc1cc2c(cc1OC1CCN(C)C1)N(c1ccc(Br)c(Cl)c1)C=NC2. The Kier molecular flexibility index (Phi) is 5.30. The van der Waals surface area contributed by atoms with Gasteiger partial charge in [-0.3, -0.25) is 4.99 Å². The third-order valence-corrected chi connectivity index (χ3v) is 6.14. The smallest absolute Gasteiger partial charge is 0.163 e. The van der Waals surface area contributed by atoms with Gasteiger partial charge in [0.1, 0.15) is 6.10 Å². The number of rotatable bonds is 4. The van der Waals surface area contributed by atoms with Crippen LogP contribution in [0.15, 0.2) is 39.8 Å². The quantitative estimate of drug-likeness (QED) is 0.666. The van der Waals surface area contributed by atoms with Gasteiger partial charge in [0.05, 0.1) is 30.7 Å². The molecule has 0 amide bonds. The van der Waals surface area contributed by atoms with Crippen molar-refractivity contribution < 1.29 is 9.47 Å². The number of fused-ring (bicyclic) bond motifs is 1. The van der Waals surface area contributed by atoms with E-state index in [2.05, 4.69) is 32.9 Å².